The molecular weight excluding hydrogens is 350 g/mol. The van der Waals surface area contributed by atoms with Crippen LogP contribution in [0.3, 0.4) is 0 Å². The van der Waals surface area contributed by atoms with E-state index in [-0.39, 0.29) is 23.9 Å². The summed E-state index contributed by atoms with van der Waals surface area (Å²) in [7, 11) is 0. The average Bonchev–Trinajstić information content (AvgIpc) is 2.92. The molecule has 0 amide bonds. The van der Waals surface area contributed by atoms with Gasteiger partial charge in [-0.2, -0.15) is 0 Å². The fourth-order valence-electron chi connectivity index (χ4n) is 5.35. The molecule has 2 aromatic rings. The van der Waals surface area contributed by atoms with Gasteiger partial charge in [0.15, 0.2) is 5.60 Å². The number of cyclic esters (lactones) is 1. The molecule has 0 spiro atoms. The van der Waals surface area contributed by atoms with Crippen molar-refractivity contribution >= 4 is 5.97 Å². The number of carbonyl (C=O) groups is 1. The Hall–Kier alpha value is -2.20. The van der Waals surface area contributed by atoms with Crippen LogP contribution in [0.2, 0.25) is 0 Å². The lowest BCUT2D eigenvalue weighted by molar-refractivity contribution is -0.161. The highest BCUT2D eigenvalue weighted by Crippen LogP contribution is 2.52. The van der Waals surface area contributed by atoms with E-state index in [1.807, 2.05) is 31.3 Å². The number of aliphatic hydroxyl groups is 1. The van der Waals surface area contributed by atoms with Crippen LogP contribution >= 0.6 is 0 Å². The fourth-order valence-corrected chi connectivity index (χ4v) is 5.35. The summed E-state index contributed by atoms with van der Waals surface area (Å²) in [5.41, 5.74) is 2.01. The molecule has 2 fully saturated rings. The molecule has 28 heavy (non-hydrogen) atoms. The van der Waals surface area contributed by atoms with Gasteiger partial charge >= 0.3 is 5.97 Å². The first-order valence-electron chi connectivity index (χ1n) is 10.3. The molecule has 1 saturated heterocycles. The maximum atomic E-state index is 12.3. The molecule has 2 aliphatic rings. The summed E-state index contributed by atoms with van der Waals surface area (Å²) in [6, 6.07) is 14.4. The molecule has 0 radical (unpaired) electrons. The highest BCUT2D eigenvalue weighted by atomic mass is 16.6. The standard InChI is InChI=1S/C24H29NO3/c1-15-13-24(27)22(17(3)28-23(24)26)21(16(15)2)12-11-20-10-9-19(14-25-20)18-7-5-4-6-8-18/h4-10,14-17,21-22,27H,11-13H2,1-3H3/t15-,16+,17+,21-,22-,24-/m0/s1. The summed E-state index contributed by atoms with van der Waals surface area (Å²) in [6.45, 7) is 6.30. The Morgan fingerprint density at radius 1 is 1.11 bits per heavy atom. The minimum atomic E-state index is -1.32. The first kappa shape index (κ1) is 19.1. The molecule has 4 heteroatoms. The van der Waals surface area contributed by atoms with E-state index in [2.05, 4.69) is 43.1 Å². The fraction of sp³-hybridized carbons (Fsp3) is 0.500. The molecule has 1 aliphatic heterocycles. The number of hydrogen-bond donors (Lipinski definition) is 1. The van der Waals surface area contributed by atoms with Crippen molar-refractivity contribution in [1.29, 1.82) is 0 Å². The van der Waals surface area contributed by atoms with E-state index in [0.29, 0.717) is 12.3 Å². The zero-order valence-electron chi connectivity index (χ0n) is 16.8. The number of rotatable bonds is 4. The Kier molecular flexibility index (Phi) is 5.00. The summed E-state index contributed by atoms with van der Waals surface area (Å²) < 4.78 is 5.45. The monoisotopic (exact) mass is 379 g/mol. The molecule has 4 rings (SSSR count). The van der Waals surface area contributed by atoms with Gasteiger partial charge < -0.3 is 9.84 Å². The lowest BCUT2D eigenvalue weighted by Crippen LogP contribution is -2.53. The highest BCUT2D eigenvalue weighted by molar-refractivity contribution is 5.82. The normalized spacial score (nSPS) is 34.7. The Labute approximate surface area is 167 Å². The summed E-state index contributed by atoms with van der Waals surface area (Å²) >= 11 is 0. The third-order valence-corrected chi connectivity index (χ3v) is 7.04. The maximum absolute atomic E-state index is 12.3. The first-order valence-corrected chi connectivity index (χ1v) is 10.3. The molecule has 2 heterocycles. The van der Waals surface area contributed by atoms with Gasteiger partial charge in [-0.05, 0) is 55.6 Å². The van der Waals surface area contributed by atoms with E-state index in [0.717, 1.165) is 29.7 Å². The lowest BCUT2D eigenvalue weighted by atomic mass is 9.59. The number of carbonyl (C=O) groups excluding carboxylic acids is 1. The van der Waals surface area contributed by atoms with Crippen molar-refractivity contribution in [2.45, 2.75) is 51.7 Å². The van der Waals surface area contributed by atoms with E-state index < -0.39 is 11.6 Å². The Bertz CT molecular complexity index is 835. The number of ether oxygens (including phenoxy) is 1. The number of aryl methyl sites for hydroxylation is 1. The predicted molar refractivity (Wildman–Crippen MR) is 108 cm³/mol. The number of aromatic nitrogens is 1. The van der Waals surface area contributed by atoms with Crippen LogP contribution < -0.4 is 0 Å². The largest absolute Gasteiger partial charge is 0.460 e. The molecule has 1 N–H and O–H groups in total. The van der Waals surface area contributed by atoms with Crippen LogP contribution in [0.25, 0.3) is 11.1 Å². The molecule has 4 nitrogen and oxygen atoms in total. The summed E-state index contributed by atoms with van der Waals surface area (Å²) in [5.74, 6) is 0.406. The number of nitrogens with zero attached hydrogens (tertiary/aromatic N) is 1. The van der Waals surface area contributed by atoms with E-state index in [1.54, 1.807) is 0 Å². The molecule has 1 aliphatic carbocycles. The molecular formula is C24H29NO3. The number of fused-ring (bicyclic) bond motifs is 1. The lowest BCUT2D eigenvalue weighted by Gasteiger charge is -2.45. The van der Waals surface area contributed by atoms with Crippen molar-refractivity contribution in [3.63, 3.8) is 0 Å². The zero-order valence-corrected chi connectivity index (χ0v) is 16.8. The van der Waals surface area contributed by atoms with Gasteiger partial charge in [-0.25, -0.2) is 4.79 Å². The van der Waals surface area contributed by atoms with Crippen molar-refractivity contribution in [1.82, 2.24) is 4.98 Å². The van der Waals surface area contributed by atoms with Crippen LogP contribution in [-0.4, -0.2) is 27.8 Å². The number of hydrogen-bond acceptors (Lipinski definition) is 4. The van der Waals surface area contributed by atoms with Crippen LogP contribution in [0.1, 0.15) is 39.3 Å². The van der Waals surface area contributed by atoms with Gasteiger partial charge in [0.2, 0.25) is 0 Å². The molecule has 6 atom stereocenters. The second-order valence-corrected chi connectivity index (χ2v) is 8.71. The van der Waals surface area contributed by atoms with E-state index >= 15 is 0 Å². The van der Waals surface area contributed by atoms with Crippen LogP contribution in [-0.2, 0) is 16.0 Å². The molecule has 148 valence electrons. The molecule has 1 aromatic carbocycles. The zero-order chi connectivity index (χ0) is 19.9. The molecule has 1 saturated carbocycles. The van der Waals surface area contributed by atoms with Gasteiger partial charge in [-0.1, -0.05) is 50.2 Å². The van der Waals surface area contributed by atoms with Gasteiger partial charge in [0.1, 0.15) is 6.10 Å². The summed E-state index contributed by atoms with van der Waals surface area (Å²) in [6.07, 6.45) is 3.94. The third-order valence-electron chi connectivity index (χ3n) is 7.04. The summed E-state index contributed by atoms with van der Waals surface area (Å²) in [5, 5.41) is 11.1. The van der Waals surface area contributed by atoms with Gasteiger partial charge in [0.05, 0.1) is 0 Å². The highest BCUT2D eigenvalue weighted by Gasteiger charge is 2.61. The molecule has 0 bridgehead atoms. The van der Waals surface area contributed by atoms with E-state index in [9.17, 15) is 9.90 Å². The van der Waals surface area contributed by atoms with Crippen LogP contribution in [0.5, 0.6) is 0 Å². The number of benzene rings is 1. The van der Waals surface area contributed by atoms with Crippen molar-refractivity contribution in [3.05, 3.63) is 54.4 Å². The third kappa shape index (κ3) is 3.24. The minimum absolute atomic E-state index is 0.130. The molecule has 0 unspecified atom stereocenters. The van der Waals surface area contributed by atoms with Crippen LogP contribution in [0.4, 0.5) is 0 Å². The second-order valence-electron chi connectivity index (χ2n) is 8.71. The van der Waals surface area contributed by atoms with Crippen molar-refractivity contribution in [3.8, 4) is 11.1 Å². The minimum Gasteiger partial charge on any atom is -0.460 e. The topological polar surface area (TPSA) is 59.4 Å². The first-order chi connectivity index (χ1) is 13.4. The molecule has 1 aromatic heterocycles. The Balaban J connectivity index is 1.49. The van der Waals surface area contributed by atoms with Gasteiger partial charge in [-0.15, -0.1) is 0 Å². The Morgan fingerprint density at radius 2 is 1.86 bits per heavy atom. The van der Waals surface area contributed by atoms with E-state index in [4.69, 9.17) is 4.74 Å². The predicted octanol–water partition coefficient (Wildman–Crippen LogP) is 4.27. The quantitative estimate of drug-likeness (QED) is 0.806. The average molecular weight is 380 g/mol. The number of esters is 1. The van der Waals surface area contributed by atoms with Gasteiger partial charge in [-0.3, -0.25) is 4.98 Å². The second kappa shape index (κ2) is 7.32. The van der Waals surface area contributed by atoms with Crippen molar-refractivity contribution < 1.29 is 14.6 Å². The SMILES string of the molecule is C[C@H]1[C@H](CCc2ccc(-c3ccccc3)cn2)[C@@H]2[C@@H](C)OC(=O)[C@]2(O)C[C@@H]1C. The van der Waals surface area contributed by atoms with Crippen LogP contribution in [0.15, 0.2) is 48.7 Å². The van der Waals surface area contributed by atoms with Crippen LogP contribution in [0, 0.1) is 23.7 Å². The Morgan fingerprint density at radius 3 is 2.54 bits per heavy atom. The van der Waals surface area contributed by atoms with Gasteiger partial charge in [0.25, 0.3) is 0 Å². The van der Waals surface area contributed by atoms with Crippen molar-refractivity contribution in [2.24, 2.45) is 23.7 Å². The van der Waals surface area contributed by atoms with Crippen molar-refractivity contribution in [2.75, 3.05) is 0 Å². The summed E-state index contributed by atoms with van der Waals surface area (Å²) in [4.78, 5) is 17.0. The number of pyridine rings is 1. The maximum Gasteiger partial charge on any atom is 0.338 e. The van der Waals surface area contributed by atoms with Gasteiger partial charge in [0, 0.05) is 23.4 Å². The van der Waals surface area contributed by atoms with E-state index in [1.165, 1.54) is 0 Å². The smallest absolute Gasteiger partial charge is 0.338 e.